The Morgan fingerprint density at radius 2 is 1.05 bits per heavy atom. The molecule has 2 N–H and O–H groups in total. The summed E-state index contributed by atoms with van der Waals surface area (Å²) in [6.45, 7) is 0. The summed E-state index contributed by atoms with van der Waals surface area (Å²) in [5, 5.41) is 18.4. The second-order valence-electron chi connectivity index (χ2n) is 11.8. The molecule has 0 bridgehead atoms. The van der Waals surface area contributed by atoms with Gasteiger partial charge in [0.25, 0.3) is 0 Å². The Hall–Kier alpha value is -5.32. The van der Waals surface area contributed by atoms with Crippen LogP contribution < -0.4 is 10.6 Å². The molecule has 9 aromatic rings. The lowest BCUT2D eigenvalue weighted by Gasteiger charge is -2.38. The number of nitrogens with one attached hydrogen (secondary N) is 2. The topological polar surface area (TPSA) is 29.0 Å². The van der Waals surface area contributed by atoms with Gasteiger partial charge in [-0.25, -0.2) is 0 Å². The zero-order valence-corrected chi connectivity index (χ0v) is 24.6. The molecule has 208 valence electrons. The molecule has 0 aliphatic carbocycles. The van der Waals surface area contributed by atoms with Crippen molar-refractivity contribution in [3.63, 3.8) is 0 Å². The predicted molar refractivity (Wildman–Crippen MR) is 189 cm³/mol. The maximum atomic E-state index is 4.03. The minimum atomic E-state index is -0.0805. The van der Waals surface area contributed by atoms with Gasteiger partial charge in [-0.1, -0.05) is 109 Å². The van der Waals surface area contributed by atoms with Crippen LogP contribution >= 0.6 is 11.3 Å². The van der Waals surface area contributed by atoms with Crippen LogP contribution in [0.1, 0.15) is 17.8 Å². The van der Waals surface area contributed by atoms with Crippen molar-refractivity contribution in [1.82, 2.24) is 4.57 Å². The van der Waals surface area contributed by atoms with Gasteiger partial charge in [0.05, 0.1) is 28.5 Å². The van der Waals surface area contributed by atoms with Crippen molar-refractivity contribution in [3.8, 4) is 0 Å². The molecule has 0 fully saturated rings. The molecule has 0 spiro atoms. The standard InChI is InChI=1S/C40H27N3S/c1-3-12-26-24(10-1)20-22-33-36(26)37-27-13-4-2-11-25(27)21-23-34(37)43(33)40-38(41-31-17-6-7-18-32(31)42-40)30-16-9-15-29-28-14-5-8-19-35(28)44-39(29)30/h1-23,38,40-42H. The van der Waals surface area contributed by atoms with E-state index in [2.05, 4.69) is 155 Å². The van der Waals surface area contributed by atoms with Gasteiger partial charge in [0, 0.05) is 30.9 Å². The number of thiophene rings is 1. The van der Waals surface area contributed by atoms with E-state index in [4.69, 9.17) is 0 Å². The first-order valence-corrected chi connectivity index (χ1v) is 16.0. The lowest BCUT2D eigenvalue weighted by atomic mass is 9.97. The second kappa shape index (κ2) is 9.09. The first-order chi connectivity index (χ1) is 21.8. The Morgan fingerprint density at radius 1 is 0.477 bits per heavy atom. The van der Waals surface area contributed by atoms with Gasteiger partial charge in [0.2, 0.25) is 0 Å². The van der Waals surface area contributed by atoms with E-state index in [-0.39, 0.29) is 12.2 Å². The number of anilines is 2. The van der Waals surface area contributed by atoms with Crippen LogP contribution in [0, 0.1) is 0 Å². The number of fused-ring (bicyclic) bond motifs is 11. The number of hydrogen-bond donors (Lipinski definition) is 2. The molecule has 1 aliphatic rings. The van der Waals surface area contributed by atoms with Gasteiger partial charge in [0.15, 0.2) is 0 Å². The fourth-order valence-corrected chi connectivity index (χ4v) is 8.83. The third-order valence-corrected chi connectivity index (χ3v) is 10.7. The summed E-state index contributed by atoms with van der Waals surface area (Å²) in [5.41, 5.74) is 6.04. The van der Waals surface area contributed by atoms with Crippen LogP contribution in [-0.2, 0) is 0 Å². The highest BCUT2D eigenvalue weighted by atomic mass is 32.1. The maximum Gasteiger partial charge on any atom is 0.129 e. The Balaban J connectivity index is 1.32. The lowest BCUT2D eigenvalue weighted by Crippen LogP contribution is -2.34. The van der Waals surface area contributed by atoms with Crippen LogP contribution in [0.4, 0.5) is 11.4 Å². The Kier molecular flexibility index (Phi) is 4.99. The van der Waals surface area contributed by atoms with Gasteiger partial charge in [-0.05, 0) is 57.4 Å². The molecule has 4 heteroatoms. The van der Waals surface area contributed by atoms with E-state index in [0.717, 1.165) is 11.4 Å². The van der Waals surface area contributed by atoms with Crippen molar-refractivity contribution in [3.05, 3.63) is 145 Å². The van der Waals surface area contributed by atoms with Gasteiger partial charge < -0.3 is 15.2 Å². The van der Waals surface area contributed by atoms with E-state index < -0.39 is 0 Å². The number of hydrogen-bond acceptors (Lipinski definition) is 3. The molecule has 3 nitrogen and oxygen atoms in total. The number of rotatable bonds is 2. The highest BCUT2D eigenvalue weighted by Gasteiger charge is 2.34. The average Bonchev–Trinajstić information content (AvgIpc) is 3.64. The molecule has 44 heavy (non-hydrogen) atoms. The predicted octanol–water partition coefficient (Wildman–Crippen LogP) is 11.2. The largest absolute Gasteiger partial charge is 0.373 e. The summed E-state index contributed by atoms with van der Waals surface area (Å²) >= 11 is 1.90. The van der Waals surface area contributed by atoms with Gasteiger partial charge in [0.1, 0.15) is 6.17 Å². The zero-order valence-electron chi connectivity index (χ0n) is 23.8. The molecular weight excluding hydrogens is 555 g/mol. The Morgan fingerprint density at radius 3 is 1.75 bits per heavy atom. The minimum absolute atomic E-state index is 0.0154. The molecule has 2 unspecified atom stereocenters. The summed E-state index contributed by atoms with van der Waals surface area (Å²) in [6, 6.07) is 51.0. The molecular formula is C40H27N3S. The molecule has 0 saturated heterocycles. The zero-order chi connectivity index (χ0) is 28.8. The third-order valence-electron chi connectivity index (χ3n) is 9.49. The van der Waals surface area contributed by atoms with Crippen molar-refractivity contribution in [1.29, 1.82) is 0 Å². The highest BCUT2D eigenvalue weighted by molar-refractivity contribution is 7.26. The van der Waals surface area contributed by atoms with Crippen molar-refractivity contribution < 1.29 is 0 Å². The molecule has 2 atom stereocenters. The van der Waals surface area contributed by atoms with E-state index in [1.807, 2.05) is 11.3 Å². The van der Waals surface area contributed by atoms with Crippen LogP contribution in [0.3, 0.4) is 0 Å². The second-order valence-corrected chi connectivity index (χ2v) is 12.9. The van der Waals surface area contributed by atoms with E-state index in [9.17, 15) is 0 Å². The minimum Gasteiger partial charge on any atom is -0.373 e. The molecule has 0 saturated carbocycles. The maximum absolute atomic E-state index is 4.03. The normalized spacial score (nSPS) is 16.5. The van der Waals surface area contributed by atoms with Crippen molar-refractivity contribution in [2.75, 3.05) is 10.6 Å². The smallest absolute Gasteiger partial charge is 0.129 e. The number of benzene rings is 7. The fourth-order valence-electron chi connectivity index (χ4n) is 7.58. The van der Waals surface area contributed by atoms with Crippen LogP contribution in [0.2, 0.25) is 0 Å². The van der Waals surface area contributed by atoms with E-state index >= 15 is 0 Å². The number of aromatic nitrogens is 1. The van der Waals surface area contributed by atoms with Crippen molar-refractivity contribution in [2.45, 2.75) is 12.2 Å². The molecule has 7 aromatic carbocycles. The van der Waals surface area contributed by atoms with Gasteiger partial charge in [-0.15, -0.1) is 11.3 Å². The SMILES string of the molecule is c1ccc2c(c1)NC(c1cccc3c1sc1ccccc13)C(n1c3ccc4ccccc4c3c3c4ccccc4ccc31)N2. The highest BCUT2D eigenvalue weighted by Crippen LogP contribution is 2.48. The Bertz CT molecular complexity index is 2500. The molecule has 2 aromatic heterocycles. The molecule has 10 rings (SSSR count). The number of para-hydroxylation sites is 2. The number of nitrogens with zero attached hydrogens (tertiary/aromatic N) is 1. The van der Waals surface area contributed by atoms with Crippen molar-refractivity contribution >= 4 is 86.2 Å². The summed E-state index contributed by atoms with van der Waals surface area (Å²) < 4.78 is 5.23. The molecule has 1 aliphatic heterocycles. The van der Waals surface area contributed by atoms with Gasteiger partial charge in [-0.2, -0.15) is 0 Å². The van der Waals surface area contributed by atoms with E-state index in [0.29, 0.717) is 0 Å². The first-order valence-electron chi connectivity index (χ1n) is 15.2. The molecule has 0 amide bonds. The third kappa shape index (κ3) is 3.32. The Labute approximate surface area is 258 Å². The van der Waals surface area contributed by atoms with Gasteiger partial charge >= 0.3 is 0 Å². The molecule has 3 heterocycles. The quantitative estimate of drug-likeness (QED) is 0.213. The molecule has 0 radical (unpaired) electrons. The first kappa shape index (κ1) is 24.2. The van der Waals surface area contributed by atoms with E-state index in [1.165, 1.54) is 69.1 Å². The van der Waals surface area contributed by atoms with Crippen LogP contribution in [0.25, 0.3) is 63.5 Å². The summed E-state index contributed by atoms with van der Waals surface area (Å²) in [4.78, 5) is 0. The summed E-state index contributed by atoms with van der Waals surface area (Å²) in [7, 11) is 0. The van der Waals surface area contributed by atoms with Crippen LogP contribution in [0.5, 0.6) is 0 Å². The monoisotopic (exact) mass is 581 g/mol. The van der Waals surface area contributed by atoms with Crippen LogP contribution in [-0.4, -0.2) is 4.57 Å². The van der Waals surface area contributed by atoms with E-state index in [1.54, 1.807) is 0 Å². The summed E-state index contributed by atoms with van der Waals surface area (Å²) in [6.07, 6.45) is -0.0805. The lowest BCUT2D eigenvalue weighted by molar-refractivity contribution is 0.509. The van der Waals surface area contributed by atoms with Crippen LogP contribution in [0.15, 0.2) is 140 Å². The fraction of sp³-hybridized carbons (Fsp3) is 0.0500. The van der Waals surface area contributed by atoms with Gasteiger partial charge in [-0.3, -0.25) is 0 Å². The average molecular weight is 582 g/mol. The summed E-state index contributed by atoms with van der Waals surface area (Å²) in [5.74, 6) is 0. The van der Waals surface area contributed by atoms with Crippen molar-refractivity contribution in [2.24, 2.45) is 0 Å².